The summed E-state index contributed by atoms with van der Waals surface area (Å²) in [7, 11) is 0. The molecule has 1 fully saturated rings. The highest BCUT2D eigenvalue weighted by molar-refractivity contribution is 8.01. The monoisotopic (exact) mass is 368 g/mol. The molecule has 9 heteroatoms. The van der Waals surface area contributed by atoms with Gasteiger partial charge in [0.25, 0.3) is 5.91 Å². The molecule has 0 bridgehead atoms. The highest BCUT2D eigenvalue weighted by Gasteiger charge is 2.35. The van der Waals surface area contributed by atoms with E-state index in [4.69, 9.17) is 0 Å². The van der Waals surface area contributed by atoms with Crippen molar-refractivity contribution in [1.82, 2.24) is 15.1 Å². The zero-order chi connectivity index (χ0) is 16.2. The first-order chi connectivity index (χ1) is 11.2. The number of carbonyl (C=O) groups excluding carboxylic acids is 2. The molecule has 1 saturated heterocycles. The lowest BCUT2D eigenvalue weighted by atomic mass is 10.2. The zero-order valence-corrected chi connectivity index (χ0v) is 15.0. The molecule has 1 N–H and O–H groups in total. The molecule has 0 saturated carbocycles. The van der Waals surface area contributed by atoms with E-state index < -0.39 is 6.04 Å². The van der Waals surface area contributed by atoms with Gasteiger partial charge < -0.3 is 4.90 Å². The average Bonchev–Trinajstić information content (AvgIpc) is 3.28. The highest BCUT2D eigenvalue weighted by Crippen LogP contribution is 2.27. The summed E-state index contributed by atoms with van der Waals surface area (Å²) in [5, 5.41) is 13.1. The topological polar surface area (TPSA) is 75.2 Å². The number of anilines is 1. The maximum absolute atomic E-state index is 12.5. The Morgan fingerprint density at radius 2 is 2.35 bits per heavy atom. The third-order valence-corrected chi connectivity index (χ3v) is 6.16. The van der Waals surface area contributed by atoms with E-state index >= 15 is 0 Å². The smallest absolute Gasteiger partial charge is 0.264 e. The predicted octanol–water partition coefficient (Wildman–Crippen LogP) is 2.95. The molecule has 1 atom stereocenters. The maximum atomic E-state index is 12.5. The van der Waals surface area contributed by atoms with Crippen molar-refractivity contribution in [2.75, 3.05) is 17.6 Å². The first-order valence-corrected chi connectivity index (χ1v) is 9.99. The van der Waals surface area contributed by atoms with Crippen LogP contribution in [0.25, 0.3) is 0 Å². The van der Waals surface area contributed by atoms with Gasteiger partial charge in [-0.3, -0.25) is 14.9 Å². The van der Waals surface area contributed by atoms with Crippen molar-refractivity contribution in [3.8, 4) is 0 Å². The van der Waals surface area contributed by atoms with Gasteiger partial charge in [-0.2, -0.15) is 0 Å². The van der Waals surface area contributed by atoms with Crippen LogP contribution in [0.3, 0.4) is 0 Å². The molecular formula is C14H16N4O2S3. The Bertz CT molecular complexity index is 686. The van der Waals surface area contributed by atoms with Gasteiger partial charge in [-0.25, -0.2) is 0 Å². The minimum Gasteiger partial charge on any atom is -0.326 e. The number of hydrogen-bond donors (Lipinski definition) is 1. The molecule has 0 unspecified atom stereocenters. The summed E-state index contributed by atoms with van der Waals surface area (Å²) in [5.74, 6) is 0.655. The van der Waals surface area contributed by atoms with Gasteiger partial charge in [0, 0.05) is 6.54 Å². The minimum absolute atomic E-state index is 0.0721. The molecule has 0 radical (unpaired) electrons. The molecule has 2 aromatic heterocycles. The van der Waals surface area contributed by atoms with Crippen LogP contribution in [-0.4, -0.2) is 45.3 Å². The van der Waals surface area contributed by atoms with Crippen LogP contribution >= 0.6 is 34.4 Å². The van der Waals surface area contributed by atoms with Crippen molar-refractivity contribution in [1.29, 1.82) is 0 Å². The highest BCUT2D eigenvalue weighted by atomic mass is 32.2. The van der Waals surface area contributed by atoms with E-state index in [1.54, 1.807) is 22.7 Å². The van der Waals surface area contributed by atoms with Crippen molar-refractivity contribution in [2.24, 2.45) is 0 Å². The van der Waals surface area contributed by atoms with Gasteiger partial charge in [0.05, 0.1) is 4.88 Å². The van der Waals surface area contributed by atoms with Gasteiger partial charge >= 0.3 is 0 Å². The number of nitrogens with one attached hydrogen (secondary N) is 1. The molecule has 0 aliphatic carbocycles. The number of thioether (sulfide) groups is 1. The van der Waals surface area contributed by atoms with Crippen LogP contribution in [0.4, 0.5) is 5.13 Å². The molecule has 3 rings (SSSR count). The molecule has 6 nitrogen and oxygen atoms in total. The van der Waals surface area contributed by atoms with E-state index in [1.165, 1.54) is 22.7 Å². The fourth-order valence-electron chi connectivity index (χ4n) is 2.45. The normalized spacial score (nSPS) is 17.4. The van der Waals surface area contributed by atoms with E-state index in [9.17, 15) is 9.59 Å². The average molecular weight is 369 g/mol. The summed E-state index contributed by atoms with van der Waals surface area (Å²) in [6, 6.07) is 3.20. The number of carbonyl (C=O) groups is 2. The Morgan fingerprint density at radius 1 is 1.48 bits per heavy atom. The lowest BCUT2D eigenvalue weighted by Crippen LogP contribution is -2.42. The summed E-state index contributed by atoms with van der Waals surface area (Å²) >= 11 is 4.35. The third kappa shape index (κ3) is 3.73. The van der Waals surface area contributed by atoms with E-state index in [0.717, 1.165) is 16.5 Å². The van der Waals surface area contributed by atoms with E-state index in [0.29, 0.717) is 23.0 Å². The second kappa shape index (κ2) is 7.41. The predicted molar refractivity (Wildman–Crippen MR) is 93.3 cm³/mol. The molecule has 2 aromatic rings. The number of aromatic nitrogens is 2. The third-order valence-electron chi connectivity index (χ3n) is 3.45. The van der Waals surface area contributed by atoms with Gasteiger partial charge in [-0.05, 0) is 30.0 Å². The Kier molecular flexibility index (Phi) is 5.29. The summed E-state index contributed by atoms with van der Waals surface area (Å²) in [6.45, 7) is 2.65. The lowest BCUT2D eigenvalue weighted by molar-refractivity contribution is -0.119. The fraction of sp³-hybridized carbons (Fsp3) is 0.429. The largest absolute Gasteiger partial charge is 0.326 e. The molecule has 23 heavy (non-hydrogen) atoms. The molecule has 2 amide bonds. The Labute approximate surface area is 146 Å². The number of thiophene rings is 1. The summed E-state index contributed by atoms with van der Waals surface area (Å²) < 4.78 is 0.834. The van der Waals surface area contributed by atoms with Crippen molar-refractivity contribution in [3.05, 3.63) is 22.4 Å². The van der Waals surface area contributed by atoms with E-state index in [-0.39, 0.29) is 11.8 Å². The molecule has 0 spiro atoms. The number of nitrogens with zero attached hydrogens (tertiary/aromatic N) is 3. The molecule has 1 aliphatic rings. The van der Waals surface area contributed by atoms with Crippen LogP contribution in [-0.2, 0) is 4.79 Å². The Hall–Kier alpha value is -1.45. The molecule has 122 valence electrons. The van der Waals surface area contributed by atoms with Gasteiger partial charge in [-0.15, -0.1) is 21.5 Å². The standard InChI is InChI=1S/C14H16N4O2S3/c1-2-21-14-17-16-13(23-14)15-11(19)9-5-3-7-18(9)12(20)10-6-4-8-22-10/h4,6,8-9H,2-3,5,7H2,1H3,(H,15,16,19)/t9-/m0/s1. The summed E-state index contributed by atoms with van der Waals surface area (Å²) in [6.07, 6.45) is 1.51. The molecule has 3 heterocycles. The van der Waals surface area contributed by atoms with Gasteiger partial charge in [0.2, 0.25) is 11.0 Å². The van der Waals surface area contributed by atoms with Crippen molar-refractivity contribution in [2.45, 2.75) is 30.1 Å². The number of likely N-dealkylation sites (tertiary alicyclic amines) is 1. The van der Waals surface area contributed by atoms with Crippen molar-refractivity contribution >= 4 is 51.4 Å². The molecule has 0 aromatic carbocycles. The second-order valence-corrected chi connectivity index (χ2v) is 8.37. The van der Waals surface area contributed by atoms with Crippen LogP contribution in [0.15, 0.2) is 21.9 Å². The number of hydrogen-bond acceptors (Lipinski definition) is 7. The lowest BCUT2D eigenvalue weighted by Gasteiger charge is -2.22. The van der Waals surface area contributed by atoms with E-state index in [2.05, 4.69) is 15.5 Å². The van der Waals surface area contributed by atoms with Crippen LogP contribution in [0.5, 0.6) is 0 Å². The second-order valence-electron chi connectivity index (χ2n) is 4.93. The maximum Gasteiger partial charge on any atom is 0.264 e. The van der Waals surface area contributed by atoms with Crippen LogP contribution in [0.1, 0.15) is 29.4 Å². The van der Waals surface area contributed by atoms with Crippen molar-refractivity contribution < 1.29 is 9.59 Å². The van der Waals surface area contributed by atoms with Crippen LogP contribution in [0, 0.1) is 0 Å². The zero-order valence-electron chi connectivity index (χ0n) is 12.5. The van der Waals surface area contributed by atoms with E-state index in [1.807, 2.05) is 18.4 Å². The summed E-state index contributed by atoms with van der Waals surface area (Å²) in [5.41, 5.74) is 0. The van der Waals surface area contributed by atoms with Gasteiger partial charge in [0.15, 0.2) is 4.34 Å². The van der Waals surface area contributed by atoms with Crippen molar-refractivity contribution in [3.63, 3.8) is 0 Å². The minimum atomic E-state index is -0.434. The SMILES string of the molecule is CCSc1nnc(NC(=O)[C@@H]2CCCN2C(=O)c2cccs2)s1. The summed E-state index contributed by atoms with van der Waals surface area (Å²) in [4.78, 5) is 27.3. The first-order valence-electron chi connectivity index (χ1n) is 7.30. The fourth-order valence-corrected chi connectivity index (χ4v) is 4.79. The van der Waals surface area contributed by atoms with Crippen LogP contribution in [0.2, 0.25) is 0 Å². The Balaban J connectivity index is 1.66. The Morgan fingerprint density at radius 3 is 3.09 bits per heavy atom. The van der Waals surface area contributed by atoms with Crippen LogP contribution < -0.4 is 5.32 Å². The molecule has 1 aliphatic heterocycles. The van der Waals surface area contributed by atoms with Gasteiger partial charge in [0.1, 0.15) is 6.04 Å². The quantitative estimate of drug-likeness (QED) is 0.649. The molecular weight excluding hydrogens is 352 g/mol. The number of rotatable bonds is 5. The number of amides is 2. The first kappa shape index (κ1) is 16.4. The van der Waals surface area contributed by atoms with Gasteiger partial charge in [-0.1, -0.05) is 36.1 Å².